The van der Waals surface area contributed by atoms with Gasteiger partial charge in [0.05, 0.1) is 29.9 Å². The number of amides is 2. The normalized spacial score (nSPS) is 15.6. The standard InChI is InChI=1S/C27H24N4O4S/c1-16(25(32)29-19-8-4-5-10-23(19)34-3)31-22-14-18(11-12-24(22)35-17(2)27(31)33)21-15-36-26(30-21)20-9-6-7-13-28-20/h4-17H,1-3H3,(H,29,32). The molecule has 0 radical (unpaired) electrons. The number of benzene rings is 2. The van der Waals surface area contributed by atoms with Crippen LogP contribution in [0.1, 0.15) is 13.8 Å². The zero-order chi connectivity index (χ0) is 25.2. The average molecular weight is 501 g/mol. The van der Waals surface area contributed by atoms with Gasteiger partial charge in [0.15, 0.2) is 6.10 Å². The van der Waals surface area contributed by atoms with Crippen molar-refractivity contribution >= 4 is 34.5 Å². The van der Waals surface area contributed by atoms with E-state index in [1.54, 1.807) is 38.2 Å². The van der Waals surface area contributed by atoms with E-state index in [-0.39, 0.29) is 11.8 Å². The molecular formula is C27H24N4O4S. The van der Waals surface area contributed by atoms with Crippen molar-refractivity contribution in [3.05, 3.63) is 72.2 Å². The monoisotopic (exact) mass is 500 g/mol. The third-order valence-electron chi connectivity index (χ3n) is 5.92. The fourth-order valence-corrected chi connectivity index (χ4v) is 4.84. The van der Waals surface area contributed by atoms with Crippen LogP contribution in [-0.4, -0.2) is 41.0 Å². The Balaban J connectivity index is 1.47. The van der Waals surface area contributed by atoms with Gasteiger partial charge in [-0.05, 0) is 56.3 Å². The predicted octanol–water partition coefficient (Wildman–Crippen LogP) is 5.02. The van der Waals surface area contributed by atoms with E-state index >= 15 is 0 Å². The van der Waals surface area contributed by atoms with Crippen LogP contribution >= 0.6 is 11.3 Å². The number of ether oxygens (including phenoxy) is 2. The van der Waals surface area contributed by atoms with Crippen molar-refractivity contribution in [1.82, 2.24) is 9.97 Å². The first-order valence-electron chi connectivity index (χ1n) is 11.4. The van der Waals surface area contributed by atoms with Crippen molar-refractivity contribution < 1.29 is 19.1 Å². The lowest BCUT2D eigenvalue weighted by Gasteiger charge is -2.36. The molecule has 2 aromatic heterocycles. The molecule has 0 fully saturated rings. The fraction of sp³-hybridized carbons (Fsp3) is 0.185. The number of hydrogen-bond acceptors (Lipinski definition) is 7. The van der Waals surface area contributed by atoms with Gasteiger partial charge in [0, 0.05) is 17.1 Å². The number of hydrogen-bond donors (Lipinski definition) is 1. The maximum atomic E-state index is 13.2. The Morgan fingerprint density at radius 3 is 2.72 bits per heavy atom. The summed E-state index contributed by atoms with van der Waals surface area (Å²) in [4.78, 5) is 37.0. The summed E-state index contributed by atoms with van der Waals surface area (Å²) in [5, 5.41) is 5.62. The average Bonchev–Trinajstić information content (AvgIpc) is 3.40. The largest absolute Gasteiger partial charge is 0.495 e. The van der Waals surface area contributed by atoms with E-state index in [1.165, 1.54) is 23.3 Å². The Labute approximate surface area is 212 Å². The summed E-state index contributed by atoms with van der Waals surface area (Å²) in [6, 6.07) is 17.6. The molecular weight excluding hydrogens is 476 g/mol. The Morgan fingerprint density at radius 1 is 1.14 bits per heavy atom. The third-order valence-corrected chi connectivity index (χ3v) is 6.79. The number of anilines is 2. The molecule has 2 amide bonds. The van der Waals surface area contributed by atoms with Gasteiger partial charge >= 0.3 is 0 Å². The van der Waals surface area contributed by atoms with Gasteiger partial charge in [-0.15, -0.1) is 11.3 Å². The molecule has 4 aromatic rings. The maximum absolute atomic E-state index is 13.2. The highest BCUT2D eigenvalue weighted by atomic mass is 32.1. The SMILES string of the molecule is COc1ccccc1NC(=O)C(C)N1C(=O)C(C)Oc2ccc(-c3csc(-c4ccccn4)n3)cc21. The van der Waals surface area contributed by atoms with Crippen molar-refractivity contribution in [1.29, 1.82) is 0 Å². The molecule has 0 saturated heterocycles. The maximum Gasteiger partial charge on any atom is 0.268 e. The first kappa shape index (κ1) is 23.5. The number of para-hydroxylation sites is 2. The van der Waals surface area contributed by atoms with Crippen LogP contribution in [0, 0.1) is 0 Å². The first-order chi connectivity index (χ1) is 17.5. The first-order valence-corrected chi connectivity index (χ1v) is 12.3. The molecule has 1 N–H and O–H groups in total. The lowest BCUT2D eigenvalue weighted by molar-refractivity contribution is -0.128. The Kier molecular flexibility index (Phi) is 6.39. The molecule has 1 aliphatic rings. The zero-order valence-corrected chi connectivity index (χ0v) is 20.8. The lowest BCUT2D eigenvalue weighted by Crippen LogP contribution is -2.52. The molecule has 2 aromatic carbocycles. The Morgan fingerprint density at radius 2 is 1.94 bits per heavy atom. The van der Waals surface area contributed by atoms with Crippen molar-refractivity contribution in [3.63, 3.8) is 0 Å². The van der Waals surface area contributed by atoms with Gasteiger partial charge in [-0.1, -0.05) is 18.2 Å². The van der Waals surface area contributed by atoms with E-state index in [9.17, 15) is 9.59 Å². The lowest BCUT2D eigenvalue weighted by atomic mass is 10.1. The fourth-order valence-electron chi connectivity index (χ4n) is 4.04. The van der Waals surface area contributed by atoms with Crippen LogP contribution in [0.2, 0.25) is 0 Å². The van der Waals surface area contributed by atoms with Gasteiger partial charge in [-0.3, -0.25) is 19.5 Å². The van der Waals surface area contributed by atoms with Crippen LogP contribution in [0.15, 0.2) is 72.2 Å². The summed E-state index contributed by atoms with van der Waals surface area (Å²) in [7, 11) is 1.54. The highest BCUT2D eigenvalue weighted by molar-refractivity contribution is 7.13. The van der Waals surface area contributed by atoms with E-state index < -0.39 is 12.1 Å². The molecule has 3 heterocycles. The predicted molar refractivity (Wildman–Crippen MR) is 139 cm³/mol. The van der Waals surface area contributed by atoms with Crippen LogP contribution in [0.4, 0.5) is 11.4 Å². The summed E-state index contributed by atoms with van der Waals surface area (Å²) in [6.07, 6.45) is 1.01. The van der Waals surface area contributed by atoms with Gasteiger partial charge in [-0.2, -0.15) is 0 Å². The number of carbonyl (C=O) groups excluding carboxylic acids is 2. The van der Waals surface area contributed by atoms with Crippen LogP contribution < -0.4 is 19.7 Å². The molecule has 36 heavy (non-hydrogen) atoms. The number of methoxy groups -OCH3 is 1. The van der Waals surface area contributed by atoms with E-state index in [4.69, 9.17) is 14.5 Å². The molecule has 5 rings (SSSR count). The van der Waals surface area contributed by atoms with Crippen molar-refractivity contribution in [2.45, 2.75) is 26.0 Å². The number of nitrogens with zero attached hydrogens (tertiary/aromatic N) is 3. The van der Waals surface area contributed by atoms with Crippen molar-refractivity contribution in [2.24, 2.45) is 0 Å². The molecule has 2 unspecified atom stereocenters. The molecule has 0 spiro atoms. The summed E-state index contributed by atoms with van der Waals surface area (Å²) < 4.78 is 11.2. The van der Waals surface area contributed by atoms with Crippen LogP contribution in [-0.2, 0) is 9.59 Å². The highest BCUT2D eigenvalue weighted by Gasteiger charge is 2.37. The van der Waals surface area contributed by atoms with Gasteiger partial charge < -0.3 is 14.8 Å². The van der Waals surface area contributed by atoms with Crippen LogP contribution in [0.25, 0.3) is 22.0 Å². The van der Waals surface area contributed by atoms with E-state index in [0.717, 1.165) is 22.0 Å². The number of aromatic nitrogens is 2. The number of rotatable bonds is 6. The minimum Gasteiger partial charge on any atom is -0.495 e. The Bertz CT molecular complexity index is 1420. The number of pyridine rings is 1. The van der Waals surface area contributed by atoms with Crippen molar-refractivity contribution in [2.75, 3.05) is 17.3 Å². The van der Waals surface area contributed by atoms with Gasteiger partial charge in [0.25, 0.3) is 5.91 Å². The summed E-state index contributed by atoms with van der Waals surface area (Å²) in [5.74, 6) is 0.428. The second kappa shape index (κ2) is 9.79. The van der Waals surface area contributed by atoms with Crippen molar-refractivity contribution in [3.8, 4) is 33.5 Å². The zero-order valence-electron chi connectivity index (χ0n) is 20.0. The summed E-state index contributed by atoms with van der Waals surface area (Å²) in [6.45, 7) is 3.37. The number of carbonyl (C=O) groups is 2. The van der Waals surface area contributed by atoms with E-state index in [2.05, 4.69) is 10.3 Å². The van der Waals surface area contributed by atoms with Crippen LogP contribution in [0.3, 0.4) is 0 Å². The second-order valence-electron chi connectivity index (χ2n) is 8.27. The smallest absolute Gasteiger partial charge is 0.268 e. The minimum absolute atomic E-state index is 0.297. The molecule has 182 valence electrons. The molecule has 0 saturated carbocycles. The number of thiazole rings is 1. The van der Waals surface area contributed by atoms with Gasteiger partial charge in [0.1, 0.15) is 22.5 Å². The summed E-state index contributed by atoms with van der Waals surface area (Å²) >= 11 is 1.49. The number of nitrogens with one attached hydrogen (secondary N) is 1. The summed E-state index contributed by atoms with van der Waals surface area (Å²) in [5.41, 5.74) is 3.40. The minimum atomic E-state index is -0.803. The molecule has 0 aliphatic carbocycles. The van der Waals surface area contributed by atoms with E-state index in [1.807, 2.05) is 47.8 Å². The molecule has 9 heteroatoms. The molecule has 0 bridgehead atoms. The highest BCUT2D eigenvalue weighted by Crippen LogP contribution is 2.39. The Hall–Kier alpha value is -4.24. The topological polar surface area (TPSA) is 93.7 Å². The molecule has 1 aliphatic heterocycles. The second-order valence-corrected chi connectivity index (χ2v) is 9.13. The number of fused-ring (bicyclic) bond motifs is 1. The van der Waals surface area contributed by atoms with Crippen LogP contribution in [0.5, 0.6) is 11.5 Å². The quantitative estimate of drug-likeness (QED) is 0.400. The third kappa shape index (κ3) is 4.40. The van der Waals surface area contributed by atoms with Gasteiger partial charge in [0.2, 0.25) is 5.91 Å². The molecule has 2 atom stereocenters. The van der Waals surface area contributed by atoms with E-state index in [0.29, 0.717) is 22.9 Å². The molecule has 8 nitrogen and oxygen atoms in total. The van der Waals surface area contributed by atoms with Gasteiger partial charge in [-0.25, -0.2) is 4.98 Å².